The highest BCUT2D eigenvalue weighted by atomic mass is 16.5. The minimum Gasteiger partial charge on any atom is -0.497 e. The summed E-state index contributed by atoms with van der Waals surface area (Å²) in [6.45, 7) is 1.31. The Morgan fingerprint density at radius 2 is 1.94 bits per heavy atom. The van der Waals surface area contributed by atoms with E-state index >= 15 is 0 Å². The number of nitrogens with one attached hydrogen (secondary N) is 2. The number of H-pyrrole nitrogens is 1. The van der Waals surface area contributed by atoms with Crippen LogP contribution in [-0.2, 0) is 29.3 Å². The quantitative estimate of drug-likeness (QED) is 0.539. The van der Waals surface area contributed by atoms with Gasteiger partial charge < -0.3 is 14.4 Å². The van der Waals surface area contributed by atoms with E-state index in [0.29, 0.717) is 30.9 Å². The van der Waals surface area contributed by atoms with Crippen molar-refractivity contribution < 1.29 is 23.9 Å². The monoisotopic (exact) mass is 448 g/mol. The van der Waals surface area contributed by atoms with Gasteiger partial charge in [-0.15, -0.1) is 0 Å². The summed E-state index contributed by atoms with van der Waals surface area (Å²) < 4.78 is 13.2. The molecule has 2 aliphatic heterocycles. The summed E-state index contributed by atoms with van der Waals surface area (Å²) in [5.74, 6) is 0.500. The number of piperidine rings is 1. The molecule has 0 aliphatic carbocycles. The van der Waals surface area contributed by atoms with Gasteiger partial charge in [-0.3, -0.25) is 29.5 Å². The molecule has 170 valence electrons. The summed E-state index contributed by atoms with van der Waals surface area (Å²) in [4.78, 5) is 38.1. The van der Waals surface area contributed by atoms with Gasteiger partial charge in [0.05, 0.1) is 25.9 Å². The average molecular weight is 448 g/mol. The Balaban J connectivity index is 1.23. The van der Waals surface area contributed by atoms with Crippen molar-refractivity contribution in [2.24, 2.45) is 0 Å². The summed E-state index contributed by atoms with van der Waals surface area (Å²) in [5, 5.41) is 5.57. The van der Waals surface area contributed by atoms with Crippen molar-refractivity contribution in [1.82, 2.24) is 20.0 Å². The zero-order valence-corrected chi connectivity index (χ0v) is 18.2. The molecule has 2 N–H and O–H groups in total. The van der Waals surface area contributed by atoms with Gasteiger partial charge in [-0.1, -0.05) is 18.2 Å². The molecule has 3 amide bonds. The van der Waals surface area contributed by atoms with Crippen molar-refractivity contribution >= 4 is 17.7 Å². The Morgan fingerprint density at radius 3 is 2.73 bits per heavy atom. The van der Waals surface area contributed by atoms with Gasteiger partial charge in [0.1, 0.15) is 24.1 Å². The molecule has 3 aromatic rings. The van der Waals surface area contributed by atoms with Crippen molar-refractivity contribution in [3.63, 3.8) is 0 Å². The van der Waals surface area contributed by atoms with E-state index < -0.39 is 11.9 Å². The lowest BCUT2D eigenvalue weighted by molar-refractivity contribution is -0.136. The van der Waals surface area contributed by atoms with Crippen LogP contribution in [0, 0.1) is 0 Å². The number of ether oxygens (including phenoxy) is 2. The van der Waals surface area contributed by atoms with Crippen molar-refractivity contribution in [1.29, 1.82) is 0 Å². The van der Waals surface area contributed by atoms with Crippen molar-refractivity contribution in [3.05, 3.63) is 71.0 Å². The van der Waals surface area contributed by atoms with E-state index in [4.69, 9.17) is 9.47 Å². The molecule has 9 heteroatoms. The lowest BCUT2D eigenvalue weighted by Crippen LogP contribution is -2.52. The standard InChI is InChI=1S/C24H24N4O5/c1-32-17-5-2-4-15(10-17)11-27-12-16(26-27)14-33-21-7-3-6-18-19(21)13-28(24(18)31)20-8-9-22(29)25-23(20)30/h2-7,10,12,20,26H,8-9,11,13-14H2,1H3,(H,25,29,30). The highest BCUT2D eigenvalue weighted by Gasteiger charge is 2.40. The third-order valence-corrected chi connectivity index (χ3v) is 6.01. The molecule has 3 heterocycles. The fraction of sp³-hybridized carbons (Fsp3) is 0.292. The SMILES string of the molecule is COc1cccc(Cn2cc(COc3cccc4c3CN(C3CCC(=O)NC3=O)C4=O)[nH]2)c1. The Morgan fingerprint density at radius 1 is 1.12 bits per heavy atom. The number of methoxy groups -OCH3 is 1. The second-order valence-corrected chi connectivity index (χ2v) is 8.22. The highest BCUT2D eigenvalue weighted by molar-refractivity contribution is 6.05. The summed E-state index contributed by atoms with van der Waals surface area (Å²) in [5.41, 5.74) is 3.33. The van der Waals surface area contributed by atoms with Crippen LogP contribution in [0.2, 0.25) is 0 Å². The van der Waals surface area contributed by atoms with Crippen LogP contribution in [0.25, 0.3) is 0 Å². The second-order valence-electron chi connectivity index (χ2n) is 8.22. The largest absolute Gasteiger partial charge is 0.497 e. The lowest BCUT2D eigenvalue weighted by atomic mass is 10.0. The predicted molar refractivity (Wildman–Crippen MR) is 118 cm³/mol. The maximum Gasteiger partial charge on any atom is 0.255 e. The molecule has 5 rings (SSSR count). The summed E-state index contributed by atoms with van der Waals surface area (Å²) >= 11 is 0. The first-order chi connectivity index (χ1) is 16.0. The van der Waals surface area contributed by atoms with E-state index in [1.165, 1.54) is 4.90 Å². The number of nitrogens with zero attached hydrogens (tertiary/aromatic N) is 2. The molecule has 9 nitrogen and oxygen atoms in total. The molecule has 0 spiro atoms. The predicted octanol–water partition coefficient (Wildman–Crippen LogP) is 2.21. The number of benzene rings is 2. The topological polar surface area (TPSA) is 106 Å². The number of hydrogen-bond acceptors (Lipinski definition) is 5. The van der Waals surface area contributed by atoms with E-state index in [2.05, 4.69) is 10.4 Å². The number of fused-ring (bicyclic) bond motifs is 1. The van der Waals surface area contributed by atoms with Crippen LogP contribution >= 0.6 is 0 Å². The minimum absolute atomic E-state index is 0.213. The first-order valence-corrected chi connectivity index (χ1v) is 10.8. The normalized spacial score (nSPS) is 17.8. The van der Waals surface area contributed by atoms with Gasteiger partial charge in [0.15, 0.2) is 0 Å². The lowest BCUT2D eigenvalue weighted by Gasteiger charge is -2.29. The number of aromatic amines is 1. The molecular formula is C24H24N4O5. The molecule has 2 aliphatic rings. The van der Waals surface area contributed by atoms with Gasteiger partial charge in [0.25, 0.3) is 5.91 Å². The Kier molecular flexibility index (Phi) is 5.37. The zero-order chi connectivity index (χ0) is 22.9. The molecule has 1 atom stereocenters. The number of carbonyl (C=O) groups excluding carboxylic acids is 3. The summed E-state index contributed by atoms with van der Waals surface area (Å²) in [6.07, 6.45) is 2.54. The molecule has 1 aromatic heterocycles. The van der Waals surface area contributed by atoms with E-state index in [9.17, 15) is 14.4 Å². The molecule has 1 fully saturated rings. The first-order valence-electron chi connectivity index (χ1n) is 10.8. The molecule has 0 bridgehead atoms. The van der Waals surface area contributed by atoms with E-state index in [1.54, 1.807) is 19.2 Å². The molecule has 2 aromatic carbocycles. The van der Waals surface area contributed by atoms with Gasteiger partial charge in [-0.25, -0.2) is 0 Å². The molecule has 0 saturated carbocycles. The number of amides is 3. The van der Waals surface area contributed by atoms with Crippen LogP contribution in [-0.4, -0.2) is 45.6 Å². The van der Waals surface area contributed by atoms with Crippen molar-refractivity contribution in [2.45, 2.75) is 38.6 Å². The van der Waals surface area contributed by atoms with Crippen molar-refractivity contribution in [2.75, 3.05) is 7.11 Å². The summed E-state index contributed by atoms with van der Waals surface area (Å²) in [6, 6.07) is 12.6. The highest BCUT2D eigenvalue weighted by Crippen LogP contribution is 2.33. The Labute approximate surface area is 190 Å². The maximum atomic E-state index is 12.9. The Hall–Kier alpha value is -4.01. The molecule has 1 saturated heterocycles. The molecule has 0 radical (unpaired) electrons. The fourth-order valence-corrected chi connectivity index (χ4v) is 4.34. The van der Waals surface area contributed by atoms with Crippen LogP contribution in [0.5, 0.6) is 11.5 Å². The van der Waals surface area contributed by atoms with Gasteiger partial charge in [-0.05, 0) is 36.2 Å². The molecule has 1 unspecified atom stereocenters. The summed E-state index contributed by atoms with van der Waals surface area (Å²) in [7, 11) is 1.65. The second kappa shape index (κ2) is 8.50. The number of carbonyl (C=O) groups is 3. The number of rotatable bonds is 7. The third-order valence-electron chi connectivity index (χ3n) is 6.01. The fourth-order valence-electron chi connectivity index (χ4n) is 4.34. The smallest absolute Gasteiger partial charge is 0.255 e. The van der Waals surface area contributed by atoms with Crippen LogP contribution in [0.4, 0.5) is 0 Å². The number of imide groups is 1. The number of hydrogen-bond donors (Lipinski definition) is 2. The maximum absolute atomic E-state index is 12.9. The number of aromatic nitrogens is 2. The zero-order valence-electron chi connectivity index (χ0n) is 18.2. The van der Waals surface area contributed by atoms with Crippen LogP contribution in [0.15, 0.2) is 48.7 Å². The van der Waals surface area contributed by atoms with Crippen LogP contribution in [0.1, 0.15) is 40.0 Å². The van der Waals surface area contributed by atoms with Gasteiger partial charge in [0.2, 0.25) is 11.8 Å². The van der Waals surface area contributed by atoms with Gasteiger partial charge >= 0.3 is 0 Å². The third kappa shape index (κ3) is 4.09. The van der Waals surface area contributed by atoms with Gasteiger partial charge in [-0.2, -0.15) is 0 Å². The van der Waals surface area contributed by atoms with E-state index in [-0.39, 0.29) is 24.8 Å². The van der Waals surface area contributed by atoms with Crippen LogP contribution < -0.4 is 14.8 Å². The van der Waals surface area contributed by atoms with Gasteiger partial charge in [0, 0.05) is 23.7 Å². The average Bonchev–Trinajstić information content (AvgIpc) is 3.12. The van der Waals surface area contributed by atoms with E-state index in [0.717, 1.165) is 22.6 Å². The Bertz CT molecular complexity index is 1220. The first kappa shape index (κ1) is 20.9. The van der Waals surface area contributed by atoms with Crippen molar-refractivity contribution in [3.8, 4) is 11.5 Å². The molecule has 33 heavy (non-hydrogen) atoms. The van der Waals surface area contributed by atoms with E-state index in [1.807, 2.05) is 41.2 Å². The molecular weight excluding hydrogens is 424 g/mol. The minimum atomic E-state index is -0.642. The van der Waals surface area contributed by atoms with Crippen LogP contribution in [0.3, 0.4) is 0 Å².